The van der Waals surface area contributed by atoms with Crippen molar-refractivity contribution in [2.45, 2.75) is 50.5 Å². The van der Waals surface area contributed by atoms with Gasteiger partial charge in [0.25, 0.3) is 0 Å². The van der Waals surface area contributed by atoms with Gasteiger partial charge in [0.15, 0.2) is 0 Å². The molecule has 1 saturated heterocycles. The fourth-order valence-electron chi connectivity index (χ4n) is 3.82. The summed E-state index contributed by atoms with van der Waals surface area (Å²) in [5, 5.41) is 5.72. The normalized spacial score (nSPS) is 17.0. The number of nitrogens with one attached hydrogen (secondary N) is 2. The van der Waals surface area contributed by atoms with Gasteiger partial charge in [-0.25, -0.2) is 8.42 Å². The molecule has 0 spiro atoms. The van der Waals surface area contributed by atoms with Gasteiger partial charge in [-0.05, 0) is 74.6 Å². The third-order valence-electron chi connectivity index (χ3n) is 5.82. The molecule has 2 aromatic carbocycles. The van der Waals surface area contributed by atoms with Crippen LogP contribution in [0.3, 0.4) is 0 Å². The summed E-state index contributed by atoms with van der Waals surface area (Å²) in [6.07, 6.45) is 2.83. The monoisotopic (exact) mass is 477 g/mol. The fourth-order valence-corrected chi connectivity index (χ4v) is 5.67. The molecule has 2 N–H and O–H groups in total. The Labute approximate surface area is 194 Å². The number of anilines is 1. The lowest BCUT2D eigenvalue weighted by atomic mass is 10.0. The molecular weight excluding hydrogens is 450 g/mol. The smallest absolute Gasteiger partial charge is 0.313 e. The maximum Gasteiger partial charge on any atom is 0.313 e. The fraction of sp³-hybridized carbons (Fsp3) is 0.391. The Balaban J connectivity index is 1.58. The van der Waals surface area contributed by atoms with Gasteiger partial charge in [-0.1, -0.05) is 30.2 Å². The number of carbonyl (C=O) groups excluding carboxylic acids is 2. The van der Waals surface area contributed by atoms with Gasteiger partial charge in [-0.3, -0.25) is 9.59 Å². The zero-order chi connectivity index (χ0) is 23.3. The van der Waals surface area contributed by atoms with E-state index in [9.17, 15) is 18.0 Å². The maximum absolute atomic E-state index is 13.1. The number of hydrogen-bond donors (Lipinski definition) is 2. The Bertz CT molecular complexity index is 1090. The molecule has 32 heavy (non-hydrogen) atoms. The van der Waals surface area contributed by atoms with Crippen molar-refractivity contribution in [3.8, 4) is 0 Å². The van der Waals surface area contributed by atoms with Crippen molar-refractivity contribution in [2.75, 3.05) is 18.4 Å². The minimum atomic E-state index is -3.66. The summed E-state index contributed by atoms with van der Waals surface area (Å²) in [4.78, 5) is 24.7. The number of carbonyl (C=O) groups is 2. The highest BCUT2D eigenvalue weighted by Gasteiger charge is 2.33. The molecule has 0 radical (unpaired) electrons. The summed E-state index contributed by atoms with van der Waals surface area (Å²) < 4.78 is 27.7. The molecular formula is C23H28ClN3O4S. The van der Waals surface area contributed by atoms with Crippen LogP contribution in [0.1, 0.15) is 36.8 Å². The third kappa shape index (κ3) is 5.68. The zero-order valence-electron chi connectivity index (χ0n) is 18.2. The second-order valence-corrected chi connectivity index (χ2v) is 10.3. The third-order valence-corrected chi connectivity index (χ3v) is 8.03. The molecule has 1 aliphatic rings. The predicted octanol–water partition coefficient (Wildman–Crippen LogP) is 3.65. The van der Waals surface area contributed by atoms with Crippen molar-refractivity contribution in [2.24, 2.45) is 0 Å². The number of piperidine rings is 1. The number of nitrogens with zero attached hydrogens (tertiary/aromatic N) is 1. The average molecular weight is 478 g/mol. The highest BCUT2D eigenvalue weighted by Crippen LogP contribution is 2.27. The molecule has 1 atom stereocenters. The molecule has 9 heteroatoms. The summed E-state index contributed by atoms with van der Waals surface area (Å²) >= 11 is 5.89. The SMILES string of the molecule is Cc1cccc(NC(=O)C(=O)NCCC2CCCCN2S(=O)(=O)c2ccc(Cl)cc2)c1C. The minimum Gasteiger partial charge on any atom is -0.348 e. The van der Waals surface area contributed by atoms with E-state index in [0.717, 1.165) is 24.0 Å². The summed E-state index contributed by atoms with van der Waals surface area (Å²) in [5.41, 5.74) is 2.51. The van der Waals surface area contributed by atoms with Crippen molar-refractivity contribution < 1.29 is 18.0 Å². The van der Waals surface area contributed by atoms with E-state index in [0.29, 0.717) is 30.1 Å². The Morgan fingerprint density at radius 1 is 1.06 bits per heavy atom. The number of amides is 2. The number of halogens is 1. The largest absolute Gasteiger partial charge is 0.348 e. The second-order valence-electron chi connectivity index (χ2n) is 7.97. The number of benzene rings is 2. The highest BCUT2D eigenvalue weighted by molar-refractivity contribution is 7.89. The van der Waals surface area contributed by atoms with E-state index in [1.807, 2.05) is 26.0 Å². The molecule has 2 aromatic rings. The van der Waals surface area contributed by atoms with Crippen LogP contribution in [0, 0.1) is 13.8 Å². The predicted molar refractivity (Wildman–Crippen MR) is 125 cm³/mol. The molecule has 1 heterocycles. The topological polar surface area (TPSA) is 95.6 Å². The molecule has 0 bridgehead atoms. The minimum absolute atomic E-state index is 0.200. The first-order valence-corrected chi connectivity index (χ1v) is 12.4. The first-order valence-electron chi connectivity index (χ1n) is 10.6. The Morgan fingerprint density at radius 2 is 1.78 bits per heavy atom. The molecule has 7 nitrogen and oxygen atoms in total. The van der Waals surface area contributed by atoms with Gasteiger partial charge < -0.3 is 10.6 Å². The first kappa shape index (κ1) is 24.2. The maximum atomic E-state index is 13.1. The highest BCUT2D eigenvalue weighted by atomic mass is 35.5. The molecule has 3 rings (SSSR count). The Morgan fingerprint density at radius 3 is 2.50 bits per heavy atom. The van der Waals surface area contributed by atoms with Gasteiger partial charge in [-0.2, -0.15) is 4.31 Å². The van der Waals surface area contributed by atoms with Crippen molar-refractivity contribution in [1.29, 1.82) is 0 Å². The van der Waals surface area contributed by atoms with Gasteiger partial charge in [-0.15, -0.1) is 0 Å². The van der Waals surface area contributed by atoms with Gasteiger partial charge in [0, 0.05) is 29.8 Å². The first-order chi connectivity index (χ1) is 15.2. The zero-order valence-corrected chi connectivity index (χ0v) is 19.8. The van der Waals surface area contributed by atoms with E-state index in [2.05, 4.69) is 10.6 Å². The number of aryl methyl sites for hydroxylation is 1. The van der Waals surface area contributed by atoms with Gasteiger partial charge in [0.1, 0.15) is 0 Å². The van der Waals surface area contributed by atoms with Crippen molar-refractivity contribution in [1.82, 2.24) is 9.62 Å². The van der Waals surface area contributed by atoms with Gasteiger partial charge in [0.05, 0.1) is 4.90 Å². The molecule has 2 amide bonds. The van der Waals surface area contributed by atoms with E-state index in [4.69, 9.17) is 11.6 Å². The van der Waals surface area contributed by atoms with Gasteiger partial charge >= 0.3 is 11.8 Å². The summed E-state index contributed by atoms with van der Waals surface area (Å²) in [6.45, 7) is 4.44. The quantitative estimate of drug-likeness (QED) is 0.621. The number of rotatable bonds is 6. The van der Waals surface area contributed by atoms with Crippen LogP contribution < -0.4 is 10.6 Å². The van der Waals surface area contributed by atoms with Crippen molar-refractivity contribution in [3.05, 3.63) is 58.6 Å². The van der Waals surface area contributed by atoms with Crippen molar-refractivity contribution >= 4 is 39.1 Å². The van der Waals surface area contributed by atoms with Crippen LogP contribution in [-0.4, -0.2) is 43.7 Å². The Kier molecular flexibility index (Phi) is 7.92. The van der Waals surface area contributed by atoms with Crippen LogP contribution in [0.15, 0.2) is 47.4 Å². The molecule has 1 aliphatic heterocycles. The lowest BCUT2D eigenvalue weighted by Gasteiger charge is -2.34. The van der Waals surface area contributed by atoms with E-state index in [1.165, 1.54) is 16.4 Å². The molecule has 0 aromatic heterocycles. The van der Waals surface area contributed by atoms with E-state index in [1.54, 1.807) is 18.2 Å². The molecule has 1 unspecified atom stereocenters. The molecule has 0 aliphatic carbocycles. The standard InChI is InChI=1S/C23H28ClN3O4S/c1-16-6-5-8-21(17(16)2)26-23(29)22(28)25-14-13-19-7-3-4-15-27(19)32(30,31)20-11-9-18(24)10-12-20/h5-6,8-12,19H,3-4,7,13-15H2,1-2H3,(H,25,28)(H,26,29). The van der Waals surface area contributed by atoms with Crippen LogP contribution in [-0.2, 0) is 19.6 Å². The Hall–Kier alpha value is -2.42. The number of sulfonamides is 1. The van der Waals surface area contributed by atoms with Crippen LogP contribution in [0.2, 0.25) is 5.02 Å². The molecule has 172 valence electrons. The number of hydrogen-bond acceptors (Lipinski definition) is 4. The van der Waals surface area contributed by atoms with E-state index >= 15 is 0 Å². The van der Waals surface area contributed by atoms with Gasteiger partial charge in [0.2, 0.25) is 10.0 Å². The lowest BCUT2D eigenvalue weighted by Crippen LogP contribution is -2.45. The van der Waals surface area contributed by atoms with Crippen LogP contribution in [0.5, 0.6) is 0 Å². The van der Waals surface area contributed by atoms with Crippen LogP contribution >= 0.6 is 11.6 Å². The van der Waals surface area contributed by atoms with Crippen molar-refractivity contribution in [3.63, 3.8) is 0 Å². The summed E-state index contributed by atoms with van der Waals surface area (Å²) in [5.74, 6) is -1.48. The second kappa shape index (κ2) is 10.5. The summed E-state index contributed by atoms with van der Waals surface area (Å²) in [6, 6.07) is 11.4. The van der Waals surface area contributed by atoms with Crippen LogP contribution in [0.25, 0.3) is 0 Å². The van der Waals surface area contributed by atoms with E-state index < -0.39 is 21.8 Å². The molecule has 1 fully saturated rings. The molecule has 0 saturated carbocycles. The van der Waals surface area contributed by atoms with E-state index in [-0.39, 0.29) is 17.5 Å². The summed E-state index contributed by atoms with van der Waals surface area (Å²) in [7, 11) is -3.66. The van der Waals surface area contributed by atoms with Crippen LogP contribution in [0.4, 0.5) is 5.69 Å². The average Bonchev–Trinajstić information content (AvgIpc) is 2.77. The lowest BCUT2D eigenvalue weighted by molar-refractivity contribution is -0.136.